The first-order valence-electron chi connectivity index (χ1n) is 7.96. The Kier molecular flexibility index (Phi) is 6.31. The van der Waals surface area contributed by atoms with Crippen LogP contribution >= 0.6 is 0 Å². The minimum atomic E-state index is -0.464. The molecule has 0 aliphatic carbocycles. The fraction of sp³-hybridized carbons (Fsp3) is 0.400. The molecule has 0 bridgehead atoms. The van der Waals surface area contributed by atoms with Crippen molar-refractivity contribution in [1.29, 1.82) is 0 Å². The summed E-state index contributed by atoms with van der Waals surface area (Å²) in [6, 6.07) is 0. The Hall–Kier alpha value is -3.37. The number of carbonyl (C=O) groups excluding carboxylic acids is 3. The molecule has 26 heavy (non-hydrogen) atoms. The van der Waals surface area contributed by atoms with E-state index in [-0.39, 0.29) is 23.2 Å². The lowest BCUT2D eigenvalue weighted by atomic mass is 10.3. The molecule has 3 heterocycles. The smallest absolute Gasteiger partial charge is 0.358 e. The Morgan fingerprint density at radius 3 is 2.58 bits per heavy atom. The van der Waals surface area contributed by atoms with E-state index in [9.17, 15) is 14.4 Å². The molecule has 0 spiro atoms. The molecule has 11 nitrogen and oxygen atoms in total. The van der Waals surface area contributed by atoms with E-state index in [4.69, 9.17) is 10.5 Å². The van der Waals surface area contributed by atoms with Gasteiger partial charge in [-0.1, -0.05) is 0 Å². The molecule has 0 unspecified atom stereocenters. The number of esters is 2. The van der Waals surface area contributed by atoms with E-state index in [0.717, 1.165) is 0 Å². The molecule has 1 aliphatic heterocycles. The molecule has 0 radical (unpaired) electrons. The Balaban J connectivity index is 0.000000197. The van der Waals surface area contributed by atoms with Crippen molar-refractivity contribution < 1.29 is 23.9 Å². The number of ether oxygens (including phenoxy) is 2. The van der Waals surface area contributed by atoms with E-state index in [1.165, 1.54) is 6.20 Å². The second-order valence-corrected chi connectivity index (χ2v) is 5.06. The summed E-state index contributed by atoms with van der Waals surface area (Å²) in [5.74, 6) is -0.351. The van der Waals surface area contributed by atoms with Crippen molar-refractivity contribution in [3.8, 4) is 0 Å². The molecule has 4 N–H and O–H groups in total. The normalized spacial score (nSPS) is 12.3. The zero-order chi connectivity index (χ0) is 19.1. The molecule has 0 saturated carbocycles. The Labute approximate surface area is 148 Å². The van der Waals surface area contributed by atoms with E-state index >= 15 is 0 Å². The predicted molar refractivity (Wildman–Crippen MR) is 90.4 cm³/mol. The maximum absolute atomic E-state index is 11.3. The van der Waals surface area contributed by atoms with Crippen molar-refractivity contribution in [2.75, 3.05) is 24.3 Å². The molecule has 1 aliphatic rings. The summed E-state index contributed by atoms with van der Waals surface area (Å²) in [6.07, 6.45) is 3.34. The van der Waals surface area contributed by atoms with Gasteiger partial charge in [0, 0.05) is 19.2 Å². The zero-order valence-electron chi connectivity index (χ0n) is 14.4. The predicted octanol–water partition coefficient (Wildman–Crippen LogP) is 0.571. The fourth-order valence-corrected chi connectivity index (χ4v) is 2.05. The summed E-state index contributed by atoms with van der Waals surface area (Å²) < 4.78 is 11.2. The van der Waals surface area contributed by atoms with Gasteiger partial charge in [-0.3, -0.25) is 10.1 Å². The second-order valence-electron chi connectivity index (χ2n) is 5.06. The average Bonchev–Trinajstić information content (AvgIpc) is 3.22. The third-order valence-corrected chi connectivity index (χ3v) is 3.18. The number of rotatable bonds is 4. The first kappa shape index (κ1) is 19.0. The van der Waals surface area contributed by atoms with Gasteiger partial charge in [-0.05, 0) is 13.8 Å². The standard InChI is InChI=1S/C9H11N3O3.C6H9N3O2/c1-2-15-8(14)6-5-12-4-3-7(13)11-9(12)10-6;1-2-11-5(10)4-3-8-6(7)9-4/h5H,2-4H2,1H3,(H,10,11,13);3H,2H2,1H3,(H3,7,8,9). The number of nitrogens with two attached hydrogens (primary N) is 1. The van der Waals surface area contributed by atoms with Crippen LogP contribution < -0.4 is 11.1 Å². The highest BCUT2D eigenvalue weighted by Crippen LogP contribution is 2.15. The van der Waals surface area contributed by atoms with Gasteiger partial charge in [0.15, 0.2) is 11.6 Å². The molecule has 11 heteroatoms. The summed E-state index contributed by atoms with van der Waals surface area (Å²) in [5.41, 5.74) is 5.75. The van der Waals surface area contributed by atoms with Gasteiger partial charge in [0.1, 0.15) is 5.69 Å². The van der Waals surface area contributed by atoms with E-state index in [1.807, 2.05) is 0 Å². The summed E-state index contributed by atoms with van der Waals surface area (Å²) >= 11 is 0. The van der Waals surface area contributed by atoms with E-state index in [0.29, 0.717) is 32.1 Å². The summed E-state index contributed by atoms with van der Waals surface area (Å²) in [7, 11) is 0. The largest absolute Gasteiger partial charge is 0.461 e. The van der Waals surface area contributed by atoms with Crippen molar-refractivity contribution in [3.05, 3.63) is 23.8 Å². The number of anilines is 2. The SMILES string of the molecule is CCOC(=O)c1cn2c(n1)NC(=O)CC2.CCOC(=O)c1cnc(N)[nH]1. The highest BCUT2D eigenvalue weighted by molar-refractivity contribution is 5.92. The lowest BCUT2D eigenvalue weighted by Crippen LogP contribution is -2.22. The maximum atomic E-state index is 11.3. The van der Waals surface area contributed by atoms with Gasteiger partial charge in [-0.15, -0.1) is 0 Å². The number of imidazole rings is 2. The molecular weight excluding hydrogens is 344 g/mol. The van der Waals surface area contributed by atoms with Crippen molar-refractivity contribution in [2.45, 2.75) is 26.8 Å². The summed E-state index contributed by atoms with van der Waals surface area (Å²) in [4.78, 5) is 43.5. The van der Waals surface area contributed by atoms with Crippen LogP contribution in [0.1, 0.15) is 41.2 Å². The number of fused-ring (bicyclic) bond motifs is 1. The highest BCUT2D eigenvalue weighted by atomic mass is 16.5. The Bertz CT molecular complexity index is 796. The van der Waals surface area contributed by atoms with Gasteiger partial charge in [-0.25, -0.2) is 19.6 Å². The van der Waals surface area contributed by atoms with Crippen molar-refractivity contribution in [3.63, 3.8) is 0 Å². The third kappa shape index (κ3) is 4.82. The highest BCUT2D eigenvalue weighted by Gasteiger charge is 2.20. The first-order chi connectivity index (χ1) is 12.4. The van der Waals surface area contributed by atoms with Crippen LogP contribution in [-0.4, -0.2) is 50.6 Å². The molecule has 1 amide bonds. The molecule has 140 valence electrons. The molecule has 0 atom stereocenters. The number of nitrogens with zero attached hydrogens (tertiary/aromatic N) is 3. The Morgan fingerprint density at radius 1 is 1.27 bits per heavy atom. The average molecular weight is 364 g/mol. The molecule has 0 fully saturated rings. The van der Waals surface area contributed by atoms with Gasteiger partial charge in [0.25, 0.3) is 0 Å². The number of aryl methyl sites for hydroxylation is 1. The first-order valence-corrected chi connectivity index (χ1v) is 7.96. The number of aromatic amines is 1. The van der Waals surface area contributed by atoms with E-state index in [1.54, 1.807) is 24.6 Å². The third-order valence-electron chi connectivity index (χ3n) is 3.18. The van der Waals surface area contributed by atoms with Crippen LogP contribution in [0.15, 0.2) is 12.4 Å². The summed E-state index contributed by atoms with van der Waals surface area (Å²) in [5, 5.41) is 2.58. The van der Waals surface area contributed by atoms with Gasteiger partial charge >= 0.3 is 11.9 Å². The number of carbonyl (C=O) groups is 3. The van der Waals surface area contributed by atoms with Crippen LogP contribution in [0.25, 0.3) is 0 Å². The number of amides is 1. The van der Waals surface area contributed by atoms with E-state index in [2.05, 4.69) is 25.0 Å². The van der Waals surface area contributed by atoms with Gasteiger partial charge in [-0.2, -0.15) is 0 Å². The van der Waals surface area contributed by atoms with Crippen LogP contribution in [0.4, 0.5) is 11.9 Å². The molecule has 0 saturated heterocycles. The zero-order valence-corrected chi connectivity index (χ0v) is 14.4. The lowest BCUT2D eigenvalue weighted by Gasteiger charge is -2.12. The number of aromatic nitrogens is 4. The fourth-order valence-electron chi connectivity index (χ4n) is 2.05. The number of hydrogen-bond acceptors (Lipinski definition) is 8. The number of nitrogens with one attached hydrogen (secondary N) is 2. The molecule has 0 aromatic carbocycles. The van der Waals surface area contributed by atoms with Crippen molar-refractivity contribution in [2.24, 2.45) is 0 Å². The molecule has 2 aromatic heterocycles. The van der Waals surface area contributed by atoms with Crippen LogP contribution in [0.3, 0.4) is 0 Å². The number of hydrogen-bond donors (Lipinski definition) is 3. The number of H-pyrrole nitrogens is 1. The minimum absolute atomic E-state index is 0.0801. The molecule has 2 aromatic rings. The summed E-state index contributed by atoms with van der Waals surface area (Å²) in [6.45, 7) is 4.67. The van der Waals surface area contributed by atoms with E-state index < -0.39 is 11.9 Å². The maximum Gasteiger partial charge on any atom is 0.358 e. The van der Waals surface area contributed by atoms with Crippen LogP contribution in [0.5, 0.6) is 0 Å². The second kappa shape index (κ2) is 8.65. The lowest BCUT2D eigenvalue weighted by molar-refractivity contribution is -0.116. The van der Waals surface area contributed by atoms with Crippen LogP contribution in [0.2, 0.25) is 0 Å². The number of nitrogen functional groups attached to an aromatic ring is 1. The van der Waals surface area contributed by atoms with Crippen molar-refractivity contribution in [1.82, 2.24) is 19.5 Å². The molecule has 3 rings (SSSR count). The van der Waals surface area contributed by atoms with Crippen molar-refractivity contribution >= 4 is 29.7 Å². The minimum Gasteiger partial charge on any atom is -0.461 e. The van der Waals surface area contributed by atoms with Crippen LogP contribution in [-0.2, 0) is 20.8 Å². The van der Waals surface area contributed by atoms with Gasteiger partial charge in [0.2, 0.25) is 11.9 Å². The Morgan fingerprint density at radius 2 is 1.96 bits per heavy atom. The monoisotopic (exact) mass is 364 g/mol. The van der Waals surface area contributed by atoms with Gasteiger partial charge in [0.05, 0.1) is 19.4 Å². The van der Waals surface area contributed by atoms with Crippen LogP contribution in [0, 0.1) is 0 Å². The topological polar surface area (TPSA) is 154 Å². The molecular formula is C15H20N6O5. The van der Waals surface area contributed by atoms with Gasteiger partial charge < -0.3 is 24.8 Å². The quantitative estimate of drug-likeness (QED) is 0.665.